The van der Waals surface area contributed by atoms with E-state index in [9.17, 15) is 9.59 Å². The lowest BCUT2D eigenvalue weighted by atomic mass is 10.0. The molecular weight excluding hydrogens is 516 g/mol. The zero-order valence-electron chi connectivity index (χ0n) is 21.8. The number of amides is 2. The van der Waals surface area contributed by atoms with Crippen molar-refractivity contribution >= 4 is 35.2 Å². The van der Waals surface area contributed by atoms with Crippen LogP contribution in [-0.4, -0.2) is 41.7 Å². The molecule has 7 heteroatoms. The van der Waals surface area contributed by atoms with Gasteiger partial charge in [-0.2, -0.15) is 0 Å². The van der Waals surface area contributed by atoms with Gasteiger partial charge < -0.3 is 15.0 Å². The molecule has 0 bridgehead atoms. The van der Waals surface area contributed by atoms with Crippen molar-refractivity contribution in [1.82, 2.24) is 10.2 Å². The molecule has 1 atom stereocenters. The Morgan fingerprint density at radius 2 is 1.71 bits per heavy atom. The highest BCUT2D eigenvalue weighted by atomic mass is 35.5. The third kappa shape index (κ3) is 8.27. The average molecular weight is 551 g/mol. The molecule has 5 nitrogen and oxygen atoms in total. The number of rotatable bonds is 12. The number of ether oxygens (including phenoxy) is 1. The molecule has 38 heavy (non-hydrogen) atoms. The largest absolute Gasteiger partial charge is 0.497 e. The van der Waals surface area contributed by atoms with Crippen molar-refractivity contribution in [3.63, 3.8) is 0 Å². The summed E-state index contributed by atoms with van der Waals surface area (Å²) in [6, 6.07) is 24.8. The van der Waals surface area contributed by atoms with E-state index in [-0.39, 0.29) is 17.9 Å². The van der Waals surface area contributed by atoms with Crippen LogP contribution in [0.1, 0.15) is 43.2 Å². The van der Waals surface area contributed by atoms with E-state index in [0.717, 1.165) is 47.5 Å². The third-order valence-electron chi connectivity index (χ3n) is 6.86. The SMILES string of the molecule is COc1cccc(CN(C(=O)CCSc2ccc(Cl)cc2)[C@@H](Cc2ccccc2)C(=O)NC2CCCC2)c1. The molecule has 4 rings (SSSR count). The van der Waals surface area contributed by atoms with Gasteiger partial charge in [0.25, 0.3) is 0 Å². The maximum atomic E-state index is 13.8. The van der Waals surface area contributed by atoms with Crippen LogP contribution < -0.4 is 10.1 Å². The van der Waals surface area contributed by atoms with Gasteiger partial charge in [-0.15, -0.1) is 11.8 Å². The summed E-state index contributed by atoms with van der Waals surface area (Å²) in [4.78, 5) is 30.4. The maximum Gasteiger partial charge on any atom is 0.243 e. The lowest BCUT2D eigenvalue weighted by Crippen LogP contribution is -2.52. The van der Waals surface area contributed by atoms with Crippen LogP contribution in [-0.2, 0) is 22.6 Å². The van der Waals surface area contributed by atoms with Crippen molar-refractivity contribution in [2.75, 3.05) is 12.9 Å². The molecule has 0 spiro atoms. The average Bonchev–Trinajstić information content (AvgIpc) is 3.45. The Bertz CT molecular complexity index is 1180. The number of halogens is 1. The van der Waals surface area contributed by atoms with Crippen LogP contribution in [0.3, 0.4) is 0 Å². The summed E-state index contributed by atoms with van der Waals surface area (Å²) < 4.78 is 5.42. The normalized spacial score (nSPS) is 14.2. The van der Waals surface area contributed by atoms with E-state index in [1.54, 1.807) is 23.8 Å². The van der Waals surface area contributed by atoms with Crippen molar-refractivity contribution in [1.29, 1.82) is 0 Å². The van der Waals surface area contributed by atoms with E-state index < -0.39 is 6.04 Å². The van der Waals surface area contributed by atoms with E-state index in [0.29, 0.717) is 30.2 Å². The first-order chi connectivity index (χ1) is 18.5. The number of carbonyl (C=O) groups is 2. The Morgan fingerprint density at radius 3 is 2.42 bits per heavy atom. The second-order valence-electron chi connectivity index (χ2n) is 9.62. The first kappa shape index (κ1) is 28.1. The van der Waals surface area contributed by atoms with Gasteiger partial charge >= 0.3 is 0 Å². The fourth-order valence-corrected chi connectivity index (χ4v) is 5.79. The fourth-order valence-electron chi connectivity index (χ4n) is 4.82. The Hall–Kier alpha value is -2.96. The van der Waals surface area contributed by atoms with Crippen molar-refractivity contribution in [2.45, 2.75) is 62.0 Å². The fraction of sp³-hybridized carbons (Fsp3) is 0.355. The molecule has 0 unspecified atom stereocenters. The lowest BCUT2D eigenvalue weighted by Gasteiger charge is -2.32. The third-order valence-corrected chi connectivity index (χ3v) is 8.12. The molecule has 1 N–H and O–H groups in total. The van der Waals surface area contributed by atoms with Crippen molar-refractivity contribution in [3.05, 3.63) is 95.0 Å². The minimum atomic E-state index is -0.614. The minimum Gasteiger partial charge on any atom is -0.497 e. The van der Waals surface area contributed by atoms with Crippen LogP contribution in [0, 0.1) is 0 Å². The first-order valence-corrected chi connectivity index (χ1v) is 14.5. The number of hydrogen-bond acceptors (Lipinski definition) is 4. The Morgan fingerprint density at radius 1 is 1.00 bits per heavy atom. The Kier molecular flexibility index (Phi) is 10.5. The van der Waals surface area contributed by atoms with Crippen LogP contribution >= 0.6 is 23.4 Å². The molecule has 3 aromatic rings. The molecule has 1 fully saturated rings. The molecule has 0 radical (unpaired) electrons. The molecule has 1 aliphatic carbocycles. The molecule has 0 aromatic heterocycles. The number of carbonyl (C=O) groups excluding carboxylic acids is 2. The summed E-state index contributed by atoms with van der Waals surface area (Å²) in [6.45, 7) is 0.331. The summed E-state index contributed by atoms with van der Waals surface area (Å²) >= 11 is 7.62. The van der Waals surface area contributed by atoms with Crippen LogP contribution in [0.25, 0.3) is 0 Å². The Labute approximate surface area is 234 Å². The highest BCUT2D eigenvalue weighted by molar-refractivity contribution is 7.99. The molecule has 1 aliphatic rings. The number of hydrogen-bond donors (Lipinski definition) is 1. The van der Waals surface area contributed by atoms with E-state index in [4.69, 9.17) is 16.3 Å². The summed E-state index contributed by atoms with van der Waals surface area (Å²) in [6.07, 6.45) is 5.01. The van der Waals surface area contributed by atoms with Gasteiger partial charge in [-0.25, -0.2) is 0 Å². The molecule has 1 saturated carbocycles. The van der Waals surface area contributed by atoms with E-state index in [1.807, 2.05) is 78.9 Å². The zero-order chi connectivity index (χ0) is 26.7. The number of thioether (sulfide) groups is 1. The van der Waals surface area contributed by atoms with E-state index in [1.165, 1.54) is 0 Å². The monoisotopic (exact) mass is 550 g/mol. The zero-order valence-corrected chi connectivity index (χ0v) is 23.3. The molecule has 0 saturated heterocycles. The summed E-state index contributed by atoms with van der Waals surface area (Å²) in [5, 5.41) is 3.94. The van der Waals surface area contributed by atoms with Crippen LogP contribution in [0.15, 0.2) is 83.8 Å². The van der Waals surface area contributed by atoms with Gasteiger partial charge in [0.15, 0.2) is 0 Å². The van der Waals surface area contributed by atoms with Gasteiger partial charge in [-0.3, -0.25) is 9.59 Å². The predicted molar refractivity (Wildman–Crippen MR) is 155 cm³/mol. The molecule has 200 valence electrons. The Balaban J connectivity index is 1.57. The summed E-state index contributed by atoms with van der Waals surface area (Å²) in [5.41, 5.74) is 1.95. The van der Waals surface area contributed by atoms with E-state index in [2.05, 4.69) is 5.32 Å². The second kappa shape index (κ2) is 14.3. The molecular formula is C31H35ClN2O3S. The highest BCUT2D eigenvalue weighted by Crippen LogP contribution is 2.24. The second-order valence-corrected chi connectivity index (χ2v) is 11.2. The van der Waals surface area contributed by atoms with Crippen molar-refractivity contribution < 1.29 is 14.3 Å². The number of benzene rings is 3. The molecule has 0 heterocycles. The first-order valence-electron chi connectivity index (χ1n) is 13.2. The van der Waals surface area contributed by atoms with Crippen molar-refractivity contribution in [2.24, 2.45) is 0 Å². The lowest BCUT2D eigenvalue weighted by molar-refractivity contribution is -0.141. The topological polar surface area (TPSA) is 58.6 Å². The number of methoxy groups -OCH3 is 1. The van der Waals surface area contributed by atoms with Crippen LogP contribution in [0.5, 0.6) is 5.75 Å². The predicted octanol–water partition coefficient (Wildman–Crippen LogP) is 6.53. The molecule has 3 aromatic carbocycles. The van der Waals surface area contributed by atoms with Gasteiger partial charge in [-0.1, -0.05) is 66.9 Å². The maximum absolute atomic E-state index is 13.8. The smallest absolute Gasteiger partial charge is 0.243 e. The highest BCUT2D eigenvalue weighted by Gasteiger charge is 2.32. The number of nitrogens with zero attached hydrogens (tertiary/aromatic N) is 1. The summed E-state index contributed by atoms with van der Waals surface area (Å²) in [5.74, 6) is 1.21. The van der Waals surface area contributed by atoms with Gasteiger partial charge in [-0.05, 0) is 60.4 Å². The number of nitrogens with one attached hydrogen (secondary N) is 1. The van der Waals surface area contributed by atoms with Crippen LogP contribution in [0.2, 0.25) is 5.02 Å². The quantitative estimate of drug-likeness (QED) is 0.260. The van der Waals surface area contributed by atoms with E-state index >= 15 is 0 Å². The minimum absolute atomic E-state index is 0.0446. The van der Waals surface area contributed by atoms with Gasteiger partial charge in [0.2, 0.25) is 11.8 Å². The van der Waals surface area contributed by atoms with Gasteiger partial charge in [0.1, 0.15) is 11.8 Å². The van der Waals surface area contributed by atoms with Crippen LogP contribution in [0.4, 0.5) is 0 Å². The standard InChI is InChI=1S/C31H35ClN2O3S/c1-37-27-13-7-10-24(20-27)22-34(30(35)18-19-38-28-16-14-25(32)15-17-28)29(21-23-8-3-2-4-9-23)31(36)33-26-11-5-6-12-26/h2-4,7-10,13-17,20,26,29H,5-6,11-12,18-19,21-22H2,1H3,(H,33,36)/t29-/m0/s1. The van der Waals surface area contributed by atoms with Crippen molar-refractivity contribution in [3.8, 4) is 5.75 Å². The molecule has 0 aliphatic heterocycles. The molecule has 2 amide bonds. The van der Waals surface area contributed by atoms with Gasteiger partial charge in [0.05, 0.1) is 7.11 Å². The summed E-state index contributed by atoms with van der Waals surface area (Å²) in [7, 11) is 1.63. The van der Waals surface area contributed by atoms with Gasteiger partial charge in [0, 0.05) is 41.1 Å².